The number of nitrogens with two attached hydrogens (primary N) is 4. The van der Waals surface area contributed by atoms with E-state index in [9.17, 15) is 43.8 Å². The van der Waals surface area contributed by atoms with Crippen molar-refractivity contribution in [1.82, 2.24) is 36.5 Å². The lowest BCUT2D eigenvalue weighted by Crippen LogP contribution is -2.59. The summed E-state index contributed by atoms with van der Waals surface area (Å²) in [5.41, 5.74) is 25.2. The van der Waals surface area contributed by atoms with Gasteiger partial charge in [0.1, 0.15) is 30.2 Å². The van der Waals surface area contributed by atoms with Crippen molar-refractivity contribution >= 4 is 58.3 Å². The maximum Gasteiger partial charge on any atom is 0.326 e. The molecule has 0 spiro atoms. The van der Waals surface area contributed by atoms with Crippen LogP contribution in [-0.2, 0) is 40.0 Å². The number of nitrogens with one attached hydrogen (secondary N) is 6. The first-order chi connectivity index (χ1) is 31.5. The monoisotopic (exact) mass is 918 g/mol. The molecule has 358 valence electrons. The van der Waals surface area contributed by atoms with Crippen LogP contribution in [0.4, 0.5) is 0 Å². The quantitative estimate of drug-likeness (QED) is 0.0308. The fourth-order valence-corrected chi connectivity index (χ4v) is 8.33. The molecule has 1 aromatic heterocycles. The van der Waals surface area contributed by atoms with Crippen molar-refractivity contribution in [2.75, 3.05) is 26.7 Å². The molecule has 0 unspecified atom stereocenters. The Morgan fingerprint density at radius 2 is 1.62 bits per heavy atom. The second-order valence-electron chi connectivity index (χ2n) is 16.5. The molecule has 2 aliphatic heterocycles. The highest BCUT2D eigenvalue weighted by molar-refractivity contribution is 5.97. The Hall–Kier alpha value is -6.94. The predicted molar refractivity (Wildman–Crippen MR) is 242 cm³/mol. The molecule has 2 aliphatic rings. The zero-order valence-electron chi connectivity index (χ0n) is 37.1. The number of nitrogens with zero attached hydrogens (tertiary/aromatic N) is 2. The van der Waals surface area contributed by atoms with Gasteiger partial charge < -0.3 is 69.0 Å². The van der Waals surface area contributed by atoms with Crippen LogP contribution in [0.15, 0.2) is 47.5 Å². The number of aliphatic imine (C=N–C) groups is 1. The van der Waals surface area contributed by atoms with E-state index in [2.05, 4.69) is 36.6 Å². The van der Waals surface area contributed by atoms with Gasteiger partial charge in [-0.05, 0) is 101 Å². The number of ether oxygens (including phenoxy) is 1. The average molecular weight is 919 g/mol. The maximum atomic E-state index is 14.4. The number of aromatic nitrogens is 1. The van der Waals surface area contributed by atoms with Gasteiger partial charge in [0.15, 0.2) is 17.5 Å². The molecule has 0 aliphatic carbocycles. The van der Waals surface area contributed by atoms with Gasteiger partial charge in [0, 0.05) is 36.1 Å². The first kappa shape index (κ1) is 50.1. The number of phenols is 1. The summed E-state index contributed by atoms with van der Waals surface area (Å²) in [5.74, 6) is -5.37. The second-order valence-corrected chi connectivity index (χ2v) is 16.5. The van der Waals surface area contributed by atoms with E-state index < -0.39 is 83.7 Å². The van der Waals surface area contributed by atoms with Crippen LogP contribution in [0.1, 0.15) is 87.6 Å². The SMILES string of the molecule is COc1cc([C@H]2N[C@H](C(=O)N[C@@H](CCC(N)=O)C(=O)N[C@@H](CCCN=C(N)N)C(=O)N3CCC[C@H]3C(=O)N[C@@H](C)C(=O)N[C@@H](CCCCN)C(=O)O)Cc3c2[nH]c2ccccc32)ccc1O. The van der Waals surface area contributed by atoms with Gasteiger partial charge in [-0.15, -0.1) is 0 Å². The molecular weight excluding hydrogens is 857 g/mol. The number of primary amides is 1. The van der Waals surface area contributed by atoms with Gasteiger partial charge in [0.2, 0.25) is 35.4 Å². The summed E-state index contributed by atoms with van der Waals surface area (Å²) in [7, 11) is 1.43. The molecule has 1 fully saturated rings. The number of methoxy groups -OCH3 is 1. The number of guanidine groups is 1. The van der Waals surface area contributed by atoms with E-state index in [4.69, 9.17) is 27.7 Å². The normalized spacial score (nSPS) is 18.5. The Balaban J connectivity index is 1.34. The van der Waals surface area contributed by atoms with Crippen molar-refractivity contribution in [3.8, 4) is 11.5 Å². The number of carbonyl (C=O) groups excluding carboxylic acids is 6. The van der Waals surface area contributed by atoms with E-state index in [1.807, 2.05) is 24.3 Å². The number of hydrogen-bond acceptors (Lipinski definition) is 12. The largest absolute Gasteiger partial charge is 0.504 e. The Morgan fingerprint density at radius 1 is 0.894 bits per heavy atom. The van der Waals surface area contributed by atoms with Crippen LogP contribution in [-0.4, -0.2) is 130 Å². The minimum absolute atomic E-state index is 0.00745. The molecule has 7 atom stereocenters. The number of rotatable bonds is 23. The average Bonchev–Trinajstić information content (AvgIpc) is 3.93. The summed E-state index contributed by atoms with van der Waals surface area (Å²) in [4.78, 5) is 102. The third kappa shape index (κ3) is 12.9. The molecule has 16 N–H and O–H groups in total. The van der Waals surface area contributed by atoms with Crippen molar-refractivity contribution in [3.05, 3.63) is 59.3 Å². The minimum Gasteiger partial charge on any atom is -0.504 e. The number of H-pyrrole nitrogens is 1. The van der Waals surface area contributed by atoms with Gasteiger partial charge in [-0.1, -0.05) is 24.3 Å². The lowest BCUT2D eigenvalue weighted by Gasteiger charge is -2.33. The number of unbranched alkanes of at least 4 members (excludes halogenated alkanes) is 1. The molecule has 1 saturated heterocycles. The van der Waals surface area contributed by atoms with Crippen molar-refractivity contribution in [3.63, 3.8) is 0 Å². The number of hydrogen-bond donors (Lipinski definition) is 12. The number of aromatic hydroxyl groups is 1. The highest BCUT2D eigenvalue weighted by atomic mass is 16.5. The van der Waals surface area contributed by atoms with Gasteiger partial charge in [0.05, 0.1) is 19.2 Å². The fraction of sp³-hybridized carbons (Fsp3) is 0.500. The topological polar surface area (TPSA) is 365 Å². The minimum atomic E-state index is -1.35. The number of para-hydroxylation sites is 1. The van der Waals surface area contributed by atoms with E-state index >= 15 is 0 Å². The molecule has 22 nitrogen and oxygen atoms in total. The highest BCUT2D eigenvalue weighted by Gasteiger charge is 2.40. The number of carbonyl (C=O) groups is 7. The van der Waals surface area contributed by atoms with Crippen LogP contribution in [0.25, 0.3) is 10.9 Å². The van der Waals surface area contributed by atoms with Crippen LogP contribution < -0.4 is 54.3 Å². The maximum absolute atomic E-state index is 14.4. The molecule has 5 rings (SSSR count). The number of aliphatic carboxylic acids is 1. The van der Waals surface area contributed by atoms with E-state index in [0.29, 0.717) is 31.4 Å². The number of carboxylic acids is 1. The van der Waals surface area contributed by atoms with Gasteiger partial charge in [-0.2, -0.15) is 0 Å². The summed E-state index contributed by atoms with van der Waals surface area (Å²) in [6.07, 6.45) is 1.77. The lowest BCUT2D eigenvalue weighted by molar-refractivity contribution is -0.143. The summed E-state index contributed by atoms with van der Waals surface area (Å²) in [6, 6.07) is 4.97. The van der Waals surface area contributed by atoms with Crippen molar-refractivity contribution in [1.29, 1.82) is 0 Å². The smallest absolute Gasteiger partial charge is 0.326 e. The molecule has 66 heavy (non-hydrogen) atoms. The van der Waals surface area contributed by atoms with Crippen molar-refractivity contribution in [2.24, 2.45) is 27.9 Å². The number of amides is 6. The second kappa shape index (κ2) is 23.3. The van der Waals surface area contributed by atoms with E-state index in [1.165, 1.54) is 25.0 Å². The number of benzene rings is 2. The van der Waals surface area contributed by atoms with Gasteiger partial charge in [-0.25, -0.2) is 4.79 Å². The van der Waals surface area contributed by atoms with Gasteiger partial charge in [0.25, 0.3) is 0 Å². The fourth-order valence-electron chi connectivity index (χ4n) is 8.33. The summed E-state index contributed by atoms with van der Waals surface area (Å²) in [6.45, 7) is 2.00. The number of carboxylic acid groups (broad SMARTS) is 1. The molecule has 0 bridgehead atoms. The van der Waals surface area contributed by atoms with Crippen LogP contribution in [0.2, 0.25) is 0 Å². The first-order valence-electron chi connectivity index (χ1n) is 22.0. The number of phenolic OH excluding ortho intramolecular Hbond substituents is 1. The van der Waals surface area contributed by atoms with E-state index in [0.717, 1.165) is 22.2 Å². The first-order valence-corrected chi connectivity index (χ1v) is 22.0. The summed E-state index contributed by atoms with van der Waals surface area (Å²) >= 11 is 0. The third-order valence-electron chi connectivity index (χ3n) is 11.8. The van der Waals surface area contributed by atoms with Crippen LogP contribution in [0.5, 0.6) is 11.5 Å². The molecule has 6 amide bonds. The summed E-state index contributed by atoms with van der Waals surface area (Å²) < 4.78 is 5.37. The molecule has 0 saturated carbocycles. The Kier molecular flexibility index (Phi) is 17.7. The van der Waals surface area contributed by atoms with Crippen molar-refractivity contribution in [2.45, 2.75) is 113 Å². The molecular formula is C44H62N12O10. The number of likely N-dealkylation sites (tertiary alicyclic amines) is 1. The Morgan fingerprint density at radius 3 is 2.32 bits per heavy atom. The van der Waals surface area contributed by atoms with Crippen LogP contribution in [0, 0.1) is 0 Å². The van der Waals surface area contributed by atoms with E-state index in [-0.39, 0.29) is 75.5 Å². The van der Waals surface area contributed by atoms with Gasteiger partial charge in [-0.3, -0.25) is 39.1 Å². The number of aromatic amines is 1. The van der Waals surface area contributed by atoms with Crippen LogP contribution in [0.3, 0.4) is 0 Å². The Labute approximate surface area is 381 Å². The predicted octanol–water partition coefficient (Wildman–Crippen LogP) is -1.03. The highest BCUT2D eigenvalue weighted by Crippen LogP contribution is 2.38. The molecule has 22 heteroatoms. The third-order valence-corrected chi connectivity index (χ3v) is 11.8. The molecule has 0 radical (unpaired) electrons. The van der Waals surface area contributed by atoms with Gasteiger partial charge >= 0.3 is 5.97 Å². The molecule has 3 heterocycles. The molecule has 3 aromatic rings. The number of fused-ring (bicyclic) bond motifs is 3. The van der Waals surface area contributed by atoms with Crippen LogP contribution >= 0.6 is 0 Å². The summed E-state index contributed by atoms with van der Waals surface area (Å²) in [5, 5.41) is 34.8. The zero-order chi connectivity index (χ0) is 48.1. The van der Waals surface area contributed by atoms with Crippen molar-refractivity contribution < 1.29 is 48.5 Å². The Bertz CT molecular complexity index is 2280. The van der Waals surface area contributed by atoms with E-state index in [1.54, 1.807) is 12.1 Å². The molecule has 2 aromatic carbocycles. The standard InChI is InChI=1S/C44H62N12O10/c1-23(38(59)55-30(43(64)65)11-5-6-18-45)50-41(62)32-13-8-20-56(32)42(63)29(12-7-19-49-44(47)48)54-39(60)28(15-17-35(46)58)53-40(61)31-22-26-25-9-3-4-10-27(25)51-37(26)36(52-31)24-14-16-33(57)34(21-24)66-2/h3-4,9-10,14,16,21,23,28-32,36,51-52,57H,5-8,11-13,15,17-20,22,45H2,1-2H3,(H2,46,58)(H,50,62)(H,53,61)(H,54,60)(H,55,59)(H,64,65)(H4,47,48,49)/t23-,28-,29-,30-,31-,32-,36+/m0/s1. The lowest BCUT2D eigenvalue weighted by atomic mass is 9.89. The zero-order valence-corrected chi connectivity index (χ0v) is 37.1.